The van der Waals surface area contributed by atoms with Crippen LogP contribution in [0.1, 0.15) is 13.8 Å². The van der Waals surface area contributed by atoms with Crippen molar-refractivity contribution in [1.29, 1.82) is 0 Å². The summed E-state index contributed by atoms with van der Waals surface area (Å²) >= 11 is 0. The predicted molar refractivity (Wildman–Crippen MR) is 91.6 cm³/mol. The zero-order valence-electron chi connectivity index (χ0n) is 13.5. The van der Waals surface area contributed by atoms with E-state index in [1.165, 1.54) is 5.69 Å². The van der Waals surface area contributed by atoms with Crippen molar-refractivity contribution in [3.63, 3.8) is 0 Å². The molecule has 0 amide bonds. The van der Waals surface area contributed by atoms with Crippen molar-refractivity contribution in [3.8, 4) is 11.5 Å². The van der Waals surface area contributed by atoms with Gasteiger partial charge < -0.3 is 14.4 Å². The molecule has 5 heteroatoms. The minimum atomic E-state index is 0.570. The van der Waals surface area contributed by atoms with Gasteiger partial charge in [0.2, 0.25) is 0 Å². The van der Waals surface area contributed by atoms with Crippen molar-refractivity contribution in [1.82, 2.24) is 0 Å². The van der Waals surface area contributed by atoms with E-state index in [4.69, 9.17) is 9.47 Å². The van der Waals surface area contributed by atoms with Gasteiger partial charge in [-0.2, -0.15) is 10.2 Å². The first-order chi connectivity index (χ1) is 11.3. The molecule has 0 bridgehead atoms. The van der Waals surface area contributed by atoms with Crippen molar-refractivity contribution in [2.45, 2.75) is 13.8 Å². The van der Waals surface area contributed by atoms with Crippen molar-refractivity contribution in [2.75, 3.05) is 31.2 Å². The molecule has 0 unspecified atom stereocenters. The van der Waals surface area contributed by atoms with Gasteiger partial charge in [-0.3, -0.25) is 0 Å². The van der Waals surface area contributed by atoms with Gasteiger partial charge in [0.25, 0.3) is 0 Å². The molecule has 0 saturated heterocycles. The van der Waals surface area contributed by atoms with Crippen LogP contribution in [0, 0.1) is 0 Å². The van der Waals surface area contributed by atoms with Crippen molar-refractivity contribution >= 4 is 17.1 Å². The molecule has 0 atom stereocenters. The van der Waals surface area contributed by atoms with Gasteiger partial charge in [-0.1, -0.05) is 0 Å². The highest BCUT2D eigenvalue weighted by atomic mass is 16.6. The molecular weight excluding hydrogens is 290 g/mol. The molecule has 0 aromatic heterocycles. The van der Waals surface area contributed by atoms with Crippen LogP contribution in [-0.4, -0.2) is 26.3 Å². The van der Waals surface area contributed by atoms with Crippen LogP contribution in [0.3, 0.4) is 0 Å². The van der Waals surface area contributed by atoms with E-state index in [2.05, 4.69) is 41.1 Å². The summed E-state index contributed by atoms with van der Waals surface area (Å²) < 4.78 is 11.0. The molecule has 2 aromatic carbocycles. The standard InChI is InChI=1S/C18H21N3O2/c1-3-21(4-2)16-8-5-14(6-9-16)19-20-15-7-10-17-18(13-15)23-12-11-22-17/h5-10,13H,3-4,11-12H2,1-2H3/b20-19+. The predicted octanol–water partition coefficient (Wildman–Crippen LogP) is 4.72. The minimum Gasteiger partial charge on any atom is -0.486 e. The van der Waals surface area contributed by atoms with Crippen LogP contribution in [0.5, 0.6) is 11.5 Å². The Hall–Kier alpha value is -2.56. The molecule has 1 aliphatic heterocycles. The molecule has 0 aliphatic carbocycles. The lowest BCUT2D eigenvalue weighted by molar-refractivity contribution is 0.171. The highest BCUT2D eigenvalue weighted by Crippen LogP contribution is 2.34. The SMILES string of the molecule is CCN(CC)c1ccc(/N=N/c2ccc3c(c2)OCCO3)cc1. The molecule has 5 nitrogen and oxygen atoms in total. The quantitative estimate of drug-likeness (QED) is 0.751. The molecule has 0 spiro atoms. The average Bonchev–Trinajstić information content (AvgIpc) is 2.62. The van der Waals surface area contributed by atoms with Crippen molar-refractivity contribution in [2.24, 2.45) is 10.2 Å². The number of benzene rings is 2. The van der Waals surface area contributed by atoms with E-state index in [1.54, 1.807) is 0 Å². The summed E-state index contributed by atoms with van der Waals surface area (Å²) in [4.78, 5) is 2.29. The third-order valence-corrected chi connectivity index (χ3v) is 3.78. The summed E-state index contributed by atoms with van der Waals surface area (Å²) in [6.45, 7) is 7.45. The first-order valence-electron chi connectivity index (χ1n) is 7.96. The number of hydrogen-bond acceptors (Lipinski definition) is 5. The first-order valence-corrected chi connectivity index (χ1v) is 7.96. The van der Waals surface area contributed by atoms with Crippen LogP contribution in [0.4, 0.5) is 17.1 Å². The van der Waals surface area contributed by atoms with Crippen LogP contribution >= 0.6 is 0 Å². The molecule has 1 aliphatic rings. The van der Waals surface area contributed by atoms with E-state index in [0.717, 1.165) is 36.0 Å². The third kappa shape index (κ3) is 3.62. The Morgan fingerprint density at radius 2 is 1.43 bits per heavy atom. The highest BCUT2D eigenvalue weighted by molar-refractivity contribution is 5.54. The number of ether oxygens (including phenoxy) is 2. The Bertz CT molecular complexity index is 679. The lowest BCUT2D eigenvalue weighted by Crippen LogP contribution is -2.21. The third-order valence-electron chi connectivity index (χ3n) is 3.78. The van der Waals surface area contributed by atoms with Gasteiger partial charge in [-0.25, -0.2) is 0 Å². The van der Waals surface area contributed by atoms with Crippen LogP contribution in [0.2, 0.25) is 0 Å². The van der Waals surface area contributed by atoms with Crippen LogP contribution < -0.4 is 14.4 Å². The topological polar surface area (TPSA) is 46.4 Å². The van der Waals surface area contributed by atoms with E-state index in [-0.39, 0.29) is 0 Å². The Morgan fingerprint density at radius 3 is 2.13 bits per heavy atom. The highest BCUT2D eigenvalue weighted by Gasteiger charge is 2.11. The van der Waals surface area contributed by atoms with Gasteiger partial charge in [-0.15, -0.1) is 0 Å². The maximum atomic E-state index is 5.55. The van der Waals surface area contributed by atoms with Crippen molar-refractivity contribution < 1.29 is 9.47 Å². The van der Waals surface area contributed by atoms with Gasteiger partial charge >= 0.3 is 0 Å². The average molecular weight is 311 g/mol. The Morgan fingerprint density at radius 1 is 0.826 bits per heavy atom. The maximum absolute atomic E-state index is 5.55. The molecule has 120 valence electrons. The fraction of sp³-hybridized carbons (Fsp3) is 0.333. The second kappa shape index (κ2) is 7.13. The van der Waals surface area contributed by atoms with E-state index >= 15 is 0 Å². The molecule has 23 heavy (non-hydrogen) atoms. The number of rotatable bonds is 5. The van der Waals surface area contributed by atoms with Gasteiger partial charge in [0.05, 0.1) is 11.4 Å². The summed E-state index contributed by atoms with van der Waals surface area (Å²) in [5.41, 5.74) is 2.78. The molecule has 0 radical (unpaired) electrons. The normalized spacial score (nSPS) is 13.3. The summed E-state index contributed by atoms with van der Waals surface area (Å²) in [5.74, 6) is 1.49. The number of nitrogens with zero attached hydrogens (tertiary/aromatic N) is 3. The molecule has 0 fully saturated rings. The number of azo groups is 1. The Labute approximate surface area is 136 Å². The number of fused-ring (bicyclic) bond motifs is 1. The molecular formula is C18H21N3O2. The van der Waals surface area contributed by atoms with Gasteiger partial charge in [-0.05, 0) is 50.2 Å². The van der Waals surface area contributed by atoms with Gasteiger partial charge in [0.15, 0.2) is 11.5 Å². The van der Waals surface area contributed by atoms with E-state index < -0.39 is 0 Å². The lowest BCUT2D eigenvalue weighted by atomic mass is 10.2. The fourth-order valence-corrected chi connectivity index (χ4v) is 2.53. The molecule has 0 saturated carbocycles. The summed E-state index contributed by atoms with van der Waals surface area (Å²) in [7, 11) is 0. The van der Waals surface area contributed by atoms with Gasteiger partial charge in [0, 0.05) is 24.8 Å². The first kappa shape index (κ1) is 15.3. The van der Waals surface area contributed by atoms with Crippen LogP contribution in [-0.2, 0) is 0 Å². The van der Waals surface area contributed by atoms with Crippen molar-refractivity contribution in [3.05, 3.63) is 42.5 Å². The smallest absolute Gasteiger partial charge is 0.163 e. The maximum Gasteiger partial charge on any atom is 0.163 e. The minimum absolute atomic E-state index is 0.570. The fourth-order valence-electron chi connectivity index (χ4n) is 2.53. The van der Waals surface area contributed by atoms with Gasteiger partial charge in [0.1, 0.15) is 13.2 Å². The summed E-state index contributed by atoms with van der Waals surface area (Å²) in [6.07, 6.45) is 0. The number of anilines is 1. The monoisotopic (exact) mass is 311 g/mol. The largest absolute Gasteiger partial charge is 0.486 e. The molecule has 2 aromatic rings. The van der Waals surface area contributed by atoms with E-state index in [0.29, 0.717) is 13.2 Å². The zero-order chi connectivity index (χ0) is 16.1. The second-order valence-electron chi connectivity index (χ2n) is 5.22. The zero-order valence-corrected chi connectivity index (χ0v) is 13.5. The van der Waals surface area contributed by atoms with Crippen LogP contribution in [0.15, 0.2) is 52.7 Å². The molecule has 3 rings (SSSR count). The lowest BCUT2D eigenvalue weighted by Gasteiger charge is -2.20. The Balaban J connectivity index is 1.72. The second-order valence-corrected chi connectivity index (χ2v) is 5.22. The summed E-state index contributed by atoms with van der Waals surface area (Å²) in [5, 5.41) is 8.56. The van der Waals surface area contributed by atoms with Crippen LogP contribution in [0.25, 0.3) is 0 Å². The molecule has 0 N–H and O–H groups in total. The molecule has 1 heterocycles. The van der Waals surface area contributed by atoms with E-state index in [9.17, 15) is 0 Å². The number of hydrogen-bond donors (Lipinski definition) is 0. The Kier molecular flexibility index (Phi) is 4.76. The summed E-state index contributed by atoms with van der Waals surface area (Å²) in [6, 6.07) is 13.7. The van der Waals surface area contributed by atoms with E-state index in [1.807, 2.05) is 30.3 Å².